The first-order chi connectivity index (χ1) is 14.0. The van der Waals surface area contributed by atoms with E-state index < -0.39 is 19.9 Å². The second-order valence-corrected chi connectivity index (χ2v) is 11.6. The van der Waals surface area contributed by atoms with Crippen molar-refractivity contribution in [2.24, 2.45) is 5.92 Å². The molecule has 1 aliphatic rings. The first-order valence-electron chi connectivity index (χ1n) is 9.67. The molecule has 1 saturated heterocycles. The Hall–Kier alpha value is -2.23. The molecule has 0 spiro atoms. The number of amides is 1. The Labute approximate surface area is 178 Å². The molecule has 7 nitrogen and oxygen atoms in total. The van der Waals surface area contributed by atoms with E-state index in [1.165, 1.54) is 10.4 Å². The van der Waals surface area contributed by atoms with E-state index in [9.17, 15) is 21.6 Å². The Morgan fingerprint density at radius 1 is 0.967 bits per heavy atom. The summed E-state index contributed by atoms with van der Waals surface area (Å²) in [5, 5.41) is 2.70. The zero-order valence-electron chi connectivity index (χ0n) is 17.3. The van der Waals surface area contributed by atoms with Crippen LogP contribution in [0.15, 0.2) is 52.3 Å². The lowest BCUT2D eigenvalue weighted by atomic mass is 9.97. The molecule has 0 radical (unpaired) electrons. The van der Waals surface area contributed by atoms with Crippen LogP contribution in [0, 0.1) is 19.8 Å². The van der Waals surface area contributed by atoms with Crippen molar-refractivity contribution >= 4 is 31.5 Å². The summed E-state index contributed by atoms with van der Waals surface area (Å²) in [7, 11) is -7.10. The van der Waals surface area contributed by atoms with Gasteiger partial charge in [-0.2, -0.15) is 4.31 Å². The molecule has 2 aromatic carbocycles. The predicted octanol–water partition coefficient (Wildman–Crippen LogP) is 2.75. The number of aryl methyl sites for hydroxylation is 2. The van der Waals surface area contributed by atoms with Crippen LogP contribution in [0.25, 0.3) is 0 Å². The minimum Gasteiger partial charge on any atom is -0.325 e. The summed E-state index contributed by atoms with van der Waals surface area (Å²) >= 11 is 0. The van der Waals surface area contributed by atoms with Crippen molar-refractivity contribution in [3.05, 3.63) is 53.6 Å². The van der Waals surface area contributed by atoms with E-state index in [1.54, 1.807) is 37.3 Å². The molecule has 0 unspecified atom stereocenters. The van der Waals surface area contributed by atoms with Crippen LogP contribution in [-0.2, 0) is 24.7 Å². The number of para-hydroxylation sites is 1. The van der Waals surface area contributed by atoms with E-state index in [1.807, 2.05) is 13.0 Å². The van der Waals surface area contributed by atoms with Crippen LogP contribution in [0.3, 0.4) is 0 Å². The van der Waals surface area contributed by atoms with Crippen molar-refractivity contribution in [2.75, 3.05) is 24.7 Å². The Kier molecular flexibility index (Phi) is 6.35. The predicted molar refractivity (Wildman–Crippen MR) is 116 cm³/mol. The van der Waals surface area contributed by atoms with Crippen molar-refractivity contribution in [3.63, 3.8) is 0 Å². The summed E-state index contributed by atoms with van der Waals surface area (Å²) in [5.74, 6) is -0.683. The number of nitrogens with one attached hydrogen (secondary N) is 1. The average molecular weight is 451 g/mol. The molecule has 0 bridgehead atoms. The highest BCUT2D eigenvalue weighted by Gasteiger charge is 2.33. The lowest BCUT2D eigenvalue weighted by Crippen LogP contribution is -2.41. The van der Waals surface area contributed by atoms with Crippen LogP contribution in [0.2, 0.25) is 0 Å². The molecule has 1 N–H and O–H groups in total. The molecule has 1 heterocycles. The second-order valence-electron chi connectivity index (χ2n) is 7.70. The maximum absolute atomic E-state index is 13.0. The summed E-state index contributed by atoms with van der Waals surface area (Å²) in [5.41, 5.74) is 1.94. The number of benzene rings is 2. The van der Waals surface area contributed by atoms with E-state index in [0.717, 1.165) is 11.8 Å². The molecule has 0 aromatic heterocycles. The van der Waals surface area contributed by atoms with Crippen LogP contribution in [0.4, 0.5) is 5.69 Å². The SMILES string of the molecule is Cc1ccc(S(=O)(=O)N2CCC(C(=O)Nc3ccccc3S(C)(=O)=O)CC2)c(C)c1. The van der Waals surface area contributed by atoms with Gasteiger partial charge in [0.1, 0.15) is 0 Å². The fraction of sp³-hybridized carbons (Fsp3) is 0.381. The largest absolute Gasteiger partial charge is 0.325 e. The fourth-order valence-electron chi connectivity index (χ4n) is 3.71. The number of carbonyl (C=O) groups is 1. The number of sulfone groups is 1. The zero-order chi connectivity index (χ0) is 22.1. The van der Waals surface area contributed by atoms with Gasteiger partial charge in [-0.3, -0.25) is 4.79 Å². The van der Waals surface area contributed by atoms with Gasteiger partial charge < -0.3 is 5.32 Å². The van der Waals surface area contributed by atoms with Crippen molar-refractivity contribution < 1.29 is 21.6 Å². The molecule has 0 aliphatic carbocycles. The summed E-state index contributed by atoms with van der Waals surface area (Å²) in [6, 6.07) is 11.5. The standard InChI is InChI=1S/C21H26N2O5S2/c1-15-8-9-19(16(2)14-15)30(27,28)23-12-10-17(11-13-23)21(24)22-18-6-4-5-7-20(18)29(3,25)26/h4-9,14,17H,10-13H2,1-3H3,(H,22,24). The van der Waals surface area contributed by atoms with Crippen LogP contribution >= 0.6 is 0 Å². The summed E-state index contributed by atoms with van der Waals surface area (Å²) < 4.78 is 51.3. The number of nitrogens with zero attached hydrogens (tertiary/aromatic N) is 1. The van der Waals surface area contributed by atoms with Crippen LogP contribution in [-0.4, -0.2) is 46.4 Å². The Morgan fingerprint density at radius 2 is 1.60 bits per heavy atom. The van der Waals surface area contributed by atoms with Gasteiger partial charge in [0.05, 0.1) is 15.5 Å². The summed E-state index contributed by atoms with van der Waals surface area (Å²) in [6.45, 7) is 4.16. The number of anilines is 1. The molecule has 1 amide bonds. The van der Waals surface area contributed by atoms with E-state index in [0.29, 0.717) is 18.4 Å². The van der Waals surface area contributed by atoms with Crippen molar-refractivity contribution in [1.82, 2.24) is 4.31 Å². The Balaban J connectivity index is 1.69. The van der Waals surface area contributed by atoms with E-state index in [-0.39, 0.29) is 40.4 Å². The minimum atomic E-state index is -3.62. The smallest absolute Gasteiger partial charge is 0.243 e. The molecule has 2 aromatic rings. The quantitative estimate of drug-likeness (QED) is 0.755. The monoisotopic (exact) mass is 450 g/mol. The fourth-order valence-corrected chi connectivity index (χ4v) is 6.23. The highest BCUT2D eigenvalue weighted by Crippen LogP contribution is 2.28. The van der Waals surface area contributed by atoms with Crippen LogP contribution in [0.5, 0.6) is 0 Å². The molecule has 0 saturated carbocycles. The van der Waals surface area contributed by atoms with Crippen molar-refractivity contribution in [1.29, 1.82) is 0 Å². The molecule has 3 rings (SSSR count). The summed E-state index contributed by atoms with van der Waals surface area (Å²) in [6.07, 6.45) is 1.84. The number of carbonyl (C=O) groups excluding carboxylic acids is 1. The normalized spacial score (nSPS) is 16.4. The molecule has 1 aliphatic heterocycles. The topological polar surface area (TPSA) is 101 Å². The zero-order valence-corrected chi connectivity index (χ0v) is 18.9. The number of hydrogen-bond acceptors (Lipinski definition) is 5. The lowest BCUT2D eigenvalue weighted by Gasteiger charge is -2.31. The van der Waals surface area contributed by atoms with E-state index in [2.05, 4.69) is 5.32 Å². The van der Waals surface area contributed by atoms with Gasteiger partial charge >= 0.3 is 0 Å². The first kappa shape index (κ1) is 22.5. The van der Waals surface area contributed by atoms with Gasteiger partial charge in [0.15, 0.2) is 9.84 Å². The Morgan fingerprint density at radius 3 is 2.20 bits per heavy atom. The number of piperidine rings is 1. The molecule has 9 heteroatoms. The van der Waals surface area contributed by atoms with Crippen LogP contribution < -0.4 is 5.32 Å². The highest BCUT2D eigenvalue weighted by atomic mass is 32.2. The number of hydrogen-bond donors (Lipinski definition) is 1. The lowest BCUT2D eigenvalue weighted by molar-refractivity contribution is -0.120. The van der Waals surface area contributed by atoms with E-state index in [4.69, 9.17) is 0 Å². The summed E-state index contributed by atoms with van der Waals surface area (Å²) in [4.78, 5) is 13.0. The number of rotatable bonds is 5. The molecular weight excluding hydrogens is 424 g/mol. The second kappa shape index (κ2) is 8.49. The van der Waals surface area contributed by atoms with Gasteiger partial charge in [-0.1, -0.05) is 29.8 Å². The van der Waals surface area contributed by atoms with Crippen molar-refractivity contribution in [3.8, 4) is 0 Å². The molecule has 162 valence electrons. The third kappa shape index (κ3) is 4.74. The average Bonchev–Trinajstić information content (AvgIpc) is 2.67. The highest BCUT2D eigenvalue weighted by molar-refractivity contribution is 7.91. The minimum absolute atomic E-state index is 0.0632. The molecule has 30 heavy (non-hydrogen) atoms. The van der Waals surface area contributed by atoms with Crippen LogP contribution in [0.1, 0.15) is 24.0 Å². The third-order valence-electron chi connectivity index (χ3n) is 5.32. The maximum Gasteiger partial charge on any atom is 0.243 e. The van der Waals surface area contributed by atoms with Gasteiger partial charge in [-0.05, 0) is 50.5 Å². The van der Waals surface area contributed by atoms with Gasteiger partial charge in [0.25, 0.3) is 0 Å². The van der Waals surface area contributed by atoms with E-state index >= 15 is 0 Å². The van der Waals surface area contributed by atoms with Gasteiger partial charge in [-0.25, -0.2) is 16.8 Å². The van der Waals surface area contributed by atoms with Gasteiger partial charge in [0.2, 0.25) is 15.9 Å². The molecule has 1 fully saturated rings. The maximum atomic E-state index is 13.0. The molecular formula is C21H26N2O5S2. The third-order valence-corrected chi connectivity index (χ3v) is 8.53. The first-order valence-corrected chi connectivity index (χ1v) is 13.0. The van der Waals surface area contributed by atoms with Gasteiger partial charge in [0, 0.05) is 25.3 Å². The van der Waals surface area contributed by atoms with Crippen molar-refractivity contribution in [2.45, 2.75) is 36.5 Å². The van der Waals surface area contributed by atoms with Gasteiger partial charge in [-0.15, -0.1) is 0 Å². The number of sulfonamides is 1. The molecule has 0 atom stereocenters. The Bertz CT molecular complexity index is 1170.